The van der Waals surface area contributed by atoms with E-state index in [9.17, 15) is 4.79 Å². The van der Waals surface area contributed by atoms with Crippen LogP contribution >= 0.6 is 0 Å². The Bertz CT molecular complexity index is 119. The van der Waals surface area contributed by atoms with Gasteiger partial charge in [-0.1, -0.05) is 13.8 Å². The molecule has 0 atom stereocenters. The Balaban J connectivity index is 0.000000461. The smallest absolute Gasteiger partial charge is 0.225 e. The van der Waals surface area contributed by atoms with Crippen molar-refractivity contribution in [2.75, 3.05) is 27.2 Å². The lowest BCUT2D eigenvalue weighted by atomic mass is 10.0. The number of likely N-dealkylation sites (tertiary alicyclic amines) is 1. The first-order valence-corrected chi connectivity index (χ1v) is 4.14. The van der Waals surface area contributed by atoms with E-state index in [0.29, 0.717) is 0 Å². The van der Waals surface area contributed by atoms with Crippen LogP contribution < -0.4 is 5.32 Å². The van der Waals surface area contributed by atoms with E-state index in [1.54, 1.807) is 7.05 Å². The fraction of sp³-hybridized carbons (Fsp3) is 0.875. The highest BCUT2D eigenvalue weighted by Crippen LogP contribution is 2.11. The Kier molecular flexibility index (Phi) is 4.86. The molecule has 1 aliphatic heterocycles. The highest BCUT2D eigenvalue weighted by atomic mass is 16.1. The number of carbonyl (C=O) groups is 1. The van der Waals surface area contributed by atoms with Gasteiger partial charge >= 0.3 is 0 Å². The van der Waals surface area contributed by atoms with Crippen molar-refractivity contribution in [3.05, 3.63) is 0 Å². The summed E-state index contributed by atoms with van der Waals surface area (Å²) in [4.78, 5) is 12.9. The van der Waals surface area contributed by atoms with E-state index in [1.807, 2.05) is 20.9 Å². The Labute approximate surface area is 68.8 Å². The van der Waals surface area contributed by atoms with Crippen LogP contribution in [-0.2, 0) is 4.79 Å². The Morgan fingerprint density at radius 1 is 1.45 bits per heavy atom. The maximum atomic E-state index is 10.8. The summed E-state index contributed by atoms with van der Waals surface area (Å²) in [6.45, 7) is 5.83. The number of amides is 1. The molecular weight excluding hydrogens is 140 g/mol. The van der Waals surface area contributed by atoms with Gasteiger partial charge in [-0.25, -0.2) is 0 Å². The minimum absolute atomic E-state index is 0.174. The van der Waals surface area contributed by atoms with Crippen molar-refractivity contribution in [1.82, 2.24) is 10.2 Å². The standard InChI is InChI=1S/C6H12N2O.C2H6/c1-7-6(9)5-3-8(2)4-5;1-2/h5H,3-4H2,1-2H3,(H,7,9);1-2H3. The summed E-state index contributed by atoms with van der Waals surface area (Å²) < 4.78 is 0. The molecule has 0 unspecified atom stereocenters. The predicted octanol–water partition coefficient (Wildman–Crippen LogP) is 0.320. The second-order valence-electron chi connectivity index (χ2n) is 2.53. The molecule has 66 valence electrons. The molecule has 0 spiro atoms. The van der Waals surface area contributed by atoms with Crippen LogP contribution in [0.3, 0.4) is 0 Å². The van der Waals surface area contributed by atoms with Crippen LogP contribution in [0.1, 0.15) is 13.8 Å². The van der Waals surface area contributed by atoms with Gasteiger partial charge in [0.2, 0.25) is 5.91 Å². The van der Waals surface area contributed by atoms with E-state index < -0.39 is 0 Å². The molecule has 1 aliphatic rings. The Morgan fingerprint density at radius 2 is 1.91 bits per heavy atom. The van der Waals surface area contributed by atoms with Crippen molar-refractivity contribution in [1.29, 1.82) is 0 Å². The Hall–Kier alpha value is -0.570. The molecule has 0 aromatic carbocycles. The first kappa shape index (κ1) is 10.4. The SMILES string of the molecule is CC.CNC(=O)C1CN(C)C1. The maximum absolute atomic E-state index is 10.8. The molecule has 1 rings (SSSR count). The summed E-state index contributed by atoms with van der Waals surface area (Å²) in [6, 6.07) is 0. The molecule has 1 heterocycles. The third-order valence-electron chi connectivity index (χ3n) is 1.68. The second-order valence-corrected chi connectivity index (χ2v) is 2.53. The molecule has 3 nitrogen and oxygen atoms in total. The molecule has 0 bridgehead atoms. The quantitative estimate of drug-likeness (QED) is 0.596. The zero-order valence-corrected chi connectivity index (χ0v) is 7.85. The highest BCUT2D eigenvalue weighted by Gasteiger charge is 2.28. The van der Waals surface area contributed by atoms with Gasteiger partial charge < -0.3 is 10.2 Å². The van der Waals surface area contributed by atoms with Crippen molar-refractivity contribution in [3.63, 3.8) is 0 Å². The first-order valence-electron chi connectivity index (χ1n) is 4.14. The third-order valence-corrected chi connectivity index (χ3v) is 1.68. The highest BCUT2D eigenvalue weighted by molar-refractivity contribution is 5.79. The number of hydrogen-bond donors (Lipinski definition) is 1. The van der Waals surface area contributed by atoms with Crippen LogP contribution in [0.15, 0.2) is 0 Å². The van der Waals surface area contributed by atoms with E-state index in [1.165, 1.54) is 0 Å². The molecule has 1 fully saturated rings. The van der Waals surface area contributed by atoms with Gasteiger partial charge in [-0.3, -0.25) is 4.79 Å². The van der Waals surface area contributed by atoms with Gasteiger partial charge in [-0.05, 0) is 7.05 Å². The number of rotatable bonds is 1. The largest absolute Gasteiger partial charge is 0.359 e. The van der Waals surface area contributed by atoms with Crippen molar-refractivity contribution >= 4 is 5.91 Å². The first-order chi connectivity index (χ1) is 5.24. The van der Waals surface area contributed by atoms with Gasteiger partial charge in [0.25, 0.3) is 0 Å². The van der Waals surface area contributed by atoms with Crippen molar-refractivity contribution in [2.24, 2.45) is 5.92 Å². The average Bonchev–Trinajstić information content (AvgIpc) is 2.01. The summed E-state index contributed by atoms with van der Waals surface area (Å²) in [5.74, 6) is 0.424. The molecule has 0 aromatic rings. The van der Waals surface area contributed by atoms with E-state index >= 15 is 0 Å². The molecule has 1 saturated heterocycles. The zero-order valence-electron chi connectivity index (χ0n) is 7.85. The summed E-state index contributed by atoms with van der Waals surface area (Å²) in [5, 5.41) is 2.62. The number of nitrogens with one attached hydrogen (secondary N) is 1. The topological polar surface area (TPSA) is 32.3 Å². The second kappa shape index (κ2) is 5.13. The average molecular weight is 158 g/mol. The summed E-state index contributed by atoms with van der Waals surface area (Å²) in [6.07, 6.45) is 0. The maximum Gasteiger partial charge on any atom is 0.225 e. The minimum Gasteiger partial charge on any atom is -0.359 e. The molecule has 3 heteroatoms. The van der Waals surface area contributed by atoms with Crippen LogP contribution in [0.25, 0.3) is 0 Å². The molecule has 1 N–H and O–H groups in total. The predicted molar refractivity (Wildman–Crippen MR) is 46.4 cm³/mol. The zero-order chi connectivity index (χ0) is 8.85. The minimum atomic E-state index is 0.174. The van der Waals surface area contributed by atoms with Crippen molar-refractivity contribution < 1.29 is 4.79 Å². The molecule has 0 aromatic heterocycles. The van der Waals surface area contributed by atoms with Gasteiger partial charge in [0.1, 0.15) is 0 Å². The summed E-state index contributed by atoms with van der Waals surface area (Å²) in [5.41, 5.74) is 0. The van der Waals surface area contributed by atoms with Gasteiger partial charge in [0.05, 0.1) is 5.92 Å². The molecule has 0 saturated carbocycles. The van der Waals surface area contributed by atoms with E-state index in [2.05, 4.69) is 10.2 Å². The third kappa shape index (κ3) is 2.89. The lowest BCUT2D eigenvalue weighted by Gasteiger charge is -2.34. The van der Waals surface area contributed by atoms with Crippen molar-refractivity contribution in [2.45, 2.75) is 13.8 Å². The number of carbonyl (C=O) groups excluding carboxylic acids is 1. The van der Waals surface area contributed by atoms with E-state index in [0.717, 1.165) is 13.1 Å². The Morgan fingerprint density at radius 3 is 2.18 bits per heavy atom. The van der Waals surface area contributed by atoms with E-state index in [-0.39, 0.29) is 11.8 Å². The molecular formula is C8H18N2O. The number of nitrogens with zero attached hydrogens (tertiary/aromatic N) is 1. The van der Waals surface area contributed by atoms with Crippen LogP contribution in [0, 0.1) is 5.92 Å². The van der Waals surface area contributed by atoms with Gasteiger partial charge in [0, 0.05) is 20.1 Å². The fourth-order valence-corrected chi connectivity index (χ4v) is 1.07. The molecule has 1 amide bonds. The van der Waals surface area contributed by atoms with Gasteiger partial charge in [0.15, 0.2) is 0 Å². The number of hydrogen-bond acceptors (Lipinski definition) is 2. The lowest BCUT2D eigenvalue weighted by molar-refractivity contribution is -0.129. The van der Waals surface area contributed by atoms with Crippen LogP contribution in [0.5, 0.6) is 0 Å². The summed E-state index contributed by atoms with van der Waals surface area (Å²) >= 11 is 0. The van der Waals surface area contributed by atoms with Gasteiger partial charge in [-0.15, -0.1) is 0 Å². The monoisotopic (exact) mass is 158 g/mol. The van der Waals surface area contributed by atoms with E-state index in [4.69, 9.17) is 0 Å². The van der Waals surface area contributed by atoms with Crippen LogP contribution in [0.4, 0.5) is 0 Å². The van der Waals surface area contributed by atoms with Gasteiger partial charge in [-0.2, -0.15) is 0 Å². The van der Waals surface area contributed by atoms with Crippen LogP contribution in [-0.4, -0.2) is 38.0 Å². The van der Waals surface area contributed by atoms with Crippen LogP contribution in [0.2, 0.25) is 0 Å². The molecule has 11 heavy (non-hydrogen) atoms. The summed E-state index contributed by atoms with van der Waals surface area (Å²) in [7, 11) is 3.69. The lowest BCUT2D eigenvalue weighted by Crippen LogP contribution is -2.50. The van der Waals surface area contributed by atoms with Crippen molar-refractivity contribution in [3.8, 4) is 0 Å². The molecule has 0 aliphatic carbocycles. The molecule has 0 radical (unpaired) electrons. The normalized spacial score (nSPS) is 17.8. The fourth-order valence-electron chi connectivity index (χ4n) is 1.07.